The molecule has 0 aliphatic carbocycles. The molecule has 6 rings (SSSR count). The number of aryl methyl sites for hydroxylation is 1. The largest absolute Gasteiger partial charge is 0.491 e. The molecule has 0 saturated heterocycles. The molecule has 14 heteroatoms. The first kappa shape index (κ1) is 36.4. The van der Waals surface area contributed by atoms with E-state index in [1.165, 1.54) is 17.4 Å². The average Bonchev–Trinajstić information content (AvgIpc) is 3.70. The first-order chi connectivity index (χ1) is 24.3. The van der Waals surface area contributed by atoms with E-state index in [9.17, 15) is 14.3 Å². The molecule has 10 nitrogen and oxygen atoms in total. The molecule has 4 heterocycles. The summed E-state index contributed by atoms with van der Waals surface area (Å²) in [5.74, 6) is 5.82. The molecule has 0 atom stereocenters. The zero-order valence-electron chi connectivity index (χ0n) is 29.6. The number of para-hydroxylation sites is 1. The lowest BCUT2D eigenvalue weighted by Gasteiger charge is -2.35. The van der Waals surface area contributed by atoms with E-state index in [0.29, 0.717) is 53.2 Å². The van der Waals surface area contributed by atoms with Crippen LogP contribution >= 0.6 is 22.7 Å². The molecule has 3 aromatic heterocycles. The summed E-state index contributed by atoms with van der Waals surface area (Å²) in [7, 11) is -1.90. The van der Waals surface area contributed by atoms with E-state index in [4.69, 9.17) is 9.16 Å². The summed E-state index contributed by atoms with van der Waals surface area (Å²) in [6.45, 7) is 14.0. The fourth-order valence-electron chi connectivity index (χ4n) is 5.38. The first-order valence-corrected chi connectivity index (χ1v) is 21.4. The van der Waals surface area contributed by atoms with Gasteiger partial charge in [-0.25, -0.2) is 19.2 Å². The summed E-state index contributed by atoms with van der Waals surface area (Å²) in [5.41, 5.74) is 3.49. The Balaban J connectivity index is 1.08. The van der Waals surface area contributed by atoms with E-state index in [2.05, 4.69) is 71.2 Å². The Hall–Kier alpha value is -4.42. The lowest BCUT2D eigenvalue weighted by atomic mass is 10.0. The number of halogens is 1. The molecule has 51 heavy (non-hydrogen) atoms. The highest BCUT2D eigenvalue weighted by molar-refractivity contribution is 7.22. The van der Waals surface area contributed by atoms with E-state index in [0.717, 1.165) is 39.3 Å². The molecule has 0 spiro atoms. The lowest BCUT2D eigenvalue weighted by Crippen LogP contribution is -2.40. The van der Waals surface area contributed by atoms with Gasteiger partial charge in [-0.1, -0.05) is 56.1 Å². The molecule has 0 bridgehead atoms. The van der Waals surface area contributed by atoms with Gasteiger partial charge in [0.05, 0.1) is 23.4 Å². The van der Waals surface area contributed by atoms with Crippen molar-refractivity contribution in [1.29, 1.82) is 0 Å². The van der Waals surface area contributed by atoms with Crippen molar-refractivity contribution in [3.05, 3.63) is 75.5 Å². The highest BCUT2D eigenvalue weighted by atomic mass is 32.1. The number of benzene rings is 2. The van der Waals surface area contributed by atoms with Crippen molar-refractivity contribution < 1.29 is 23.5 Å². The van der Waals surface area contributed by atoms with Crippen molar-refractivity contribution in [2.24, 2.45) is 0 Å². The second kappa shape index (κ2) is 15.0. The maximum absolute atomic E-state index is 14.8. The molecule has 0 fully saturated rings. The van der Waals surface area contributed by atoms with Crippen molar-refractivity contribution >= 4 is 69.1 Å². The minimum atomic E-state index is -1.90. The molecule has 0 radical (unpaired) electrons. The van der Waals surface area contributed by atoms with Crippen LogP contribution in [-0.2, 0) is 17.3 Å². The molecular formula is C37H41FN6O4S2Si. The molecule has 1 aliphatic heterocycles. The zero-order valence-corrected chi connectivity index (χ0v) is 32.2. The van der Waals surface area contributed by atoms with E-state index in [1.54, 1.807) is 23.5 Å². The number of carboxylic acids is 1. The Morgan fingerprint density at radius 1 is 1.14 bits per heavy atom. The molecule has 2 aromatic carbocycles. The van der Waals surface area contributed by atoms with Gasteiger partial charge in [-0.3, -0.25) is 0 Å². The number of nitrogens with one attached hydrogen (secondary N) is 1. The van der Waals surface area contributed by atoms with Crippen molar-refractivity contribution in [2.45, 2.75) is 71.5 Å². The molecule has 5 aromatic rings. The third-order valence-electron chi connectivity index (χ3n) is 9.31. The summed E-state index contributed by atoms with van der Waals surface area (Å²) >= 11 is 2.88. The Morgan fingerprint density at radius 2 is 1.94 bits per heavy atom. The van der Waals surface area contributed by atoms with Gasteiger partial charge in [0.2, 0.25) is 0 Å². The van der Waals surface area contributed by atoms with E-state index in [1.807, 2.05) is 36.1 Å². The third-order valence-corrected chi connectivity index (χ3v) is 15.9. The SMILES string of the molecule is Cc1c(Nc2nc3ccccc3s2)nnc2c1CCCN2c1nc(C(=O)O)c(CCCOc2ccc(C#CCO[Si](C)(C)C(C)(C)C)cc2F)s1. The summed E-state index contributed by atoms with van der Waals surface area (Å²) in [6, 6.07) is 12.6. The van der Waals surface area contributed by atoms with Gasteiger partial charge in [-0.15, -0.1) is 21.5 Å². The van der Waals surface area contributed by atoms with E-state index in [-0.39, 0.29) is 23.1 Å². The maximum atomic E-state index is 14.8. The number of aromatic nitrogens is 4. The number of hydrogen-bond donors (Lipinski definition) is 2. The third kappa shape index (κ3) is 8.23. The number of ether oxygens (including phenoxy) is 1. The molecule has 1 aliphatic rings. The Labute approximate surface area is 306 Å². The summed E-state index contributed by atoms with van der Waals surface area (Å²) < 4.78 is 27.7. The van der Waals surface area contributed by atoms with Gasteiger partial charge in [0.15, 0.2) is 47.5 Å². The van der Waals surface area contributed by atoms with Gasteiger partial charge >= 0.3 is 5.97 Å². The van der Waals surface area contributed by atoms with Crippen LogP contribution in [0.25, 0.3) is 10.2 Å². The quantitative estimate of drug-likeness (QED) is 0.0770. The smallest absolute Gasteiger partial charge is 0.355 e. The normalized spacial score (nSPS) is 13.1. The minimum absolute atomic E-state index is 0.00701. The van der Waals surface area contributed by atoms with Crippen molar-refractivity contribution in [3.63, 3.8) is 0 Å². The van der Waals surface area contributed by atoms with Crippen LogP contribution in [0.2, 0.25) is 18.1 Å². The van der Waals surface area contributed by atoms with Crippen LogP contribution in [0.15, 0.2) is 42.5 Å². The molecular weight excluding hydrogens is 704 g/mol. The number of thiazole rings is 2. The molecule has 266 valence electrons. The second-order valence-corrected chi connectivity index (χ2v) is 20.8. The van der Waals surface area contributed by atoms with Crippen molar-refractivity contribution in [1.82, 2.24) is 20.2 Å². The molecule has 0 unspecified atom stereocenters. The summed E-state index contributed by atoms with van der Waals surface area (Å²) in [5, 5.41) is 23.8. The number of nitrogens with zero attached hydrogens (tertiary/aromatic N) is 5. The monoisotopic (exact) mass is 744 g/mol. The van der Waals surface area contributed by atoms with Crippen LogP contribution in [0.4, 0.5) is 26.3 Å². The van der Waals surface area contributed by atoms with Gasteiger partial charge < -0.3 is 24.5 Å². The van der Waals surface area contributed by atoms with Gasteiger partial charge in [0.1, 0.15) is 0 Å². The van der Waals surface area contributed by atoms with Gasteiger partial charge in [0.25, 0.3) is 0 Å². The number of fused-ring (bicyclic) bond motifs is 2. The van der Waals surface area contributed by atoms with Gasteiger partial charge in [0, 0.05) is 28.1 Å². The van der Waals surface area contributed by atoms with Crippen LogP contribution in [0.1, 0.15) is 65.7 Å². The first-order valence-electron chi connectivity index (χ1n) is 16.8. The molecule has 0 saturated carbocycles. The predicted molar refractivity (Wildman–Crippen MR) is 204 cm³/mol. The number of hydrogen-bond acceptors (Lipinski definition) is 11. The predicted octanol–water partition coefficient (Wildman–Crippen LogP) is 8.90. The fourth-order valence-corrected chi connectivity index (χ4v) is 8.24. The average molecular weight is 745 g/mol. The van der Waals surface area contributed by atoms with Crippen molar-refractivity contribution in [3.8, 4) is 17.6 Å². The standard InChI is InChI=1S/C37H41FN6O4S2Si/c1-23-25-13-9-19-44(33(25)43-42-32(23)41-35-39-27-14-7-8-15-29(27)49-35)36-40-31(34(45)46)30(50-36)16-11-20-47-28-18-17-24(22-26(28)38)12-10-21-48-51(5,6)37(2,3)4/h7-8,14-15,17-18,22H,9,11,13,16,19-21H2,1-6H3,(H,45,46)(H,39,41,42). The number of anilines is 4. The van der Waals surface area contributed by atoms with Crippen LogP contribution in [0, 0.1) is 24.6 Å². The van der Waals surface area contributed by atoms with Crippen LogP contribution in [0.5, 0.6) is 5.75 Å². The topological polar surface area (TPSA) is 123 Å². The summed E-state index contributed by atoms with van der Waals surface area (Å²) in [4.78, 5) is 24.0. The van der Waals surface area contributed by atoms with Crippen LogP contribution in [0.3, 0.4) is 0 Å². The van der Waals surface area contributed by atoms with Crippen LogP contribution < -0.4 is 15.0 Å². The van der Waals surface area contributed by atoms with Crippen LogP contribution in [-0.4, -0.2) is 59.3 Å². The van der Waals surface area contributed by atoms with E-state index >= 15 is 0 Å². The molecule has 0 amide bonds. The molecule has 2 N–H and O–H groups in total. The Bertz CT molecular complexity index is 2100. The Kier molecular flexibility index (Phi) is 10.7. The highest BCUT2D eigenvalue weighted by Gasteiger charge is 2.36. The summed E-state index contributed by atoms with van der Waals surface area (Å²) in [6.07, 6.45) is 2.56. The zero-order chi connectivity index (χ0) is 36.3. The fraction of sp³-hybridized carbons (Fsp3) is 0.378. The number of aromatic carboxylic acids is 1. The van der Waals surface area contributed by atoms with Gasteiger partial charge in [-0.2, -0.15) is 0 Å². The van der Waals surface area contributed by atoms with Crippen molar-refractivity contribution in [2.75, 3.05) is 30.0 Å². The maximum Gasteiger partial charge on any atom is 0.355 e. The van der Waals surface area contributed by atoms with E-state index < -0.39 is 20.1 Å². The number of carbonyl (C=O) groups is 1. The number of carboxylic acid groups (broad SMARTS) is 1. The number of rotatable bonds is 11. The van der Waals surface area contributed by atoms with Gasteiger partial charge in [-0.05, 0) is 81.1 Å². The minimum Gasteiger partial charge on any atom is -0.491 e. The second-order valence-electron chi connectivity index (χ2n) is 13.9. The lowest BCUT2D eigenvalue weighted by molar-refractivity contribution is 0.0690. The Morgan fingerprint density at radius 3 is 2.69 bits per heavy atom. The highest BCUT2D eigenvalue weighted by Crippen LogP contribution is 2.39.